The molecule has 1 N–H and O–H groups in total. The normalized spacial score (nSPS) is 10.5. The number of thiazole rings is 1. The van der Waals surface area contributed by atoms with Crippen LogP contribution in [0.4, 0.5) is 5.69 Å². The maximum Gasteiger partial charge on any atom is 0.275 e. The van der Waals surface area contributed by atoms with Gasteiger partial charge in [-0.3, -0.25) is 9.78 Å². The van der Waals surface area contributed by atoms with E-state index in [9.17, 15) is 4.79 Å². The molecular weight excluding hydrogens is 294 g/mol. The highest BCUT2D eigenvalue weighted by Gasteiger charge is 2.12. The molecule has 2 heterocycles. The summed E-state index contributed by atoms with van der Waals surface area (Å²) < 4.78 is 0. The van der Waals surface area contributed by atoms with Crippen LogP contribution >= 0.6 is 11.3 Å². The maximum atomic E-state index is 12.3. The van der Waals surface area contributed by atoms with Crippen molar-refractivity contribution < 1.29 is 4.79 Å². The van der Waals surface area contributed by atoms with Crippen molar-refractivity contribution in [1.82, 2.24) is 9.97 Å². The monoisotopic (exact) mass is 309 g/mol. The number of carbonyl (C=O) groups is 1. The van der Waals surface area contributed by atoms with E-state index >= 15 is 0 Å². The molecule has 3 rings (SSSR count). The molecule has 0 saturated carbocycles. The van der Waals surface area contributed by atoms with Crippen LogP contribution in [0.2, 0.25) is 0 Å². The highest BCUT2D eigenvalue weighted by Crippen LogP contribution is 2.22. The van der Waals surface area contributed by atoms with Crippen molar-refractivity contribution in [1.29, 1.82) is 0 Å². The fourth-order valence-corrected chi connectivity index (χ4v) is 3.00. The first-order valence-electron chi connectivity index (χ1n) is 6.88. The predicted molar refractivity (Wildman–Crippen MR) is 89.2 cm³/mol. The second kappa shape index (κ2) is 6.07. The zero-order valence-electron chi connectivity index (χ0n) is 12.3. The number of aromatic nitrogens is 2. The summed E-state index contributed by atoms with van der Waals surface area (Å²) >= 11 is 1.41. The van der Waals surface area contributed by atoms with Crippen molar-refractivity contribution in [2.75, 3.05) is 5.32 Å². The summed E-state index contributed by atoms with van der Waals surface area (Å²) in [6.45, 7) is 4.01. The quantitative estimate of drug-likeness (QED) is 0.793. The Morgan fingerprint density at radius 2 is 1.91 bits per heavy atom. The molecule has 2 aromatic heterocycles. The summed E-state index contributed by atoms with van der Waals surface area (Å²) in [5.74, 6) is -0.205. The molecule has 1 amide bonds. The topological polar surface area (TPSA) is 54.9 Å². The number of pyridine rings is 1. The van der Waals surface area contributed by atoms with Crippen LogP contribution in [0.3, 0.4) is 0 Å². The number of hydrogen-bond donors (Lipinski definition) is 1. The fourth-order valence-electron chi connectivity index (χ4n) is 2.23. The van der Waals surface area contributed by atoms with Gasteiger partial charge in [0.15, 0.2) is 0 Å². The molecule has 0 saturated heterocycles. The van der Waals surface area contributed by atoms with Gasteiger partial charge >= 0.3 is 0 Å². The van der Waals surface area contributed by atoms with E-state index in [0.29, 0.717) is 5.69 Å². The highest BCUT2D eigenvalue weighted by atomic mass is 32.1. The van der Waals surface area contributed by atoms with Crippen LogP contribution in [0.1, 0.15) is 21.6 Å². The number of rotatable bonds is 3. The van der Waals surface area contributed by atoms with Crippen LogP contribution in [0.25, 0.3) is 10.7 Å². The standard InChI is InChI=1S/C17H15N3OS/c1-11-7-12(2)9-13(8-11)19-16(21)15-10-22-17(20-15)14-5-3-4-6-18-14/h3-10H,1-2H3,(H,19,21). The first kappa shape index (κ1) is 14.4. The Bertz CT molecular complexity index is 792. The van der Waals surface area contributed by atoms with E-state index in [4.69, 9.17) is 0 Å². The number of carbonyl (C=O) groups excluding carboxylic acids is 1. The van der Waals surface area contributed by atoms with Crippen LogP contribution in [0, 0.1) is 13.8 Å². The lowest BCUT2D eigenvalue weighted by Crippen LogP contribution is -2.12. The Hall–Kier alpha value is -2.53. The van der Waals surface area contributed by atoms with Gasteiger partial charge < -0.3 is 5.32 Å². The Morgan fingerprint density at radius 1 is 1.14 bits per heavy atom. The molecule has 3 aromatic rings. The Kier molecular flexibility index (Phi) is 3.98. The first-order chi connectivity index (χ1) is 10.6. The van der Waals surface area contributed by atoms with Gasteiger partial charge in [-0.1, -0.05) is 12.1 Å². The molecule has 0 bridgehead atoms. The molecule has 0 aliphatic heterocycles. The minimum atomic E-state index is -0.205. The summed E-state index contributed by atoms with van der Waals surface area (Å²) in [6.07, 6.45) is 1.71. The summed E-state index contributed by atoms with van der Waals surface area (Å²) in [6, 6.07) is 11.6. The molecule has 0 atom stereocenters. The summed E-state index contributed by atoms with van der Waals surface area (Å²) in [5.41, 5.74) is 4.20. The van der Waals surface area contributed by atoms with Crippen molar-refractivity contribution in [3.05, 3.63) is 64.8 Å². The number of amides is 1. The van der Waals surface area contributed by atoms with Crippen LogP contribution < -0.4 is 5.32 Å². The van der Waals surface area contributed by atoms with Gasteiger partial charge in [0.2, 0.25) is 0 Å². The zero-order valence-corrected chi connectivity index (χ0v) is 13.1. The second-order valence-electron chi connectivity index (χ2n) is 5.08. The maximum absolute atomic E-state index is 12.3. The molecular formula is C17H15N3OS. The Labute approximate surface area is 132 Å². The number of anilines is 1. The molecule has 22 heavy (non-hydrogen) atoms. The predicted octanol–water partition coefficient (Wildman–Crippen LogP) is 4.07. The van der Waals surface area contributed by atoms with E-state index in [1.165, 1.54) is 11.3 Å². The summed E-state index contributed by atoms with van der Waals surface area (Å²) in [7, 11) is 0. The third-order valence-electron chi connectivity index (χ3n) is 3.10. The minimum absolute atomic E-state index is 0.205. The molecule has 5 heteroatoms. The second-order valence-corrected chi connectivity index (χ2v) is 5.94. The van der Waals surface area contributed by atoms with Crippen molar-refractivity contribution >= 4 is 22.9 Å². The number of nitrogens with zero attached hydrogens (tertiary/aromatic N) is 2. The van der Waals surface area contributed by atoms with Crippen LogP contribution in [-0.4, -0.2) is 15.9 Å². The lowest BCUT2D eigenvalue weighted by Gasteiger charge is -2.06. The largest absolute Gasteiger partial charge is 0.321 e. The Balaban J connectivity index is 1.80. The molecule has 4 nitrogen and oxygen atoms in total. The van der Waals surface area contributed by atoms with Gasteiger partial charge in [-0.05, 0) is 49.2 Å². The third-order valence-corrected chi connectivity index (χ3v) is 3.97. The van der Waals surface area contributed by atoms with Crippen LogP contribution in [-0.2, 0) is 0 Å². The van der Waals surface area contributed by atoms with Gasteiger partial charge in [0.25, 0.3) is 5.91 Å². The van der Waals surface area contributed by atoms with E-state index in [0.717, 1.165) is 27.5 Å². The van der Waals surface area contributed by atoms with Gasteiger partial charge in [0.1, 0.15) is 10.7 Å². The van der Waals surface area contributed by atoms with Crippen LogP contribution in [0.5, 0.6) is 0 Å². The van der Waals surface area contributed by atoms with E-state index in [2.05, 4.69) is 21.4 Å². The number of hydrogen-bond acceptors (Lipinski definition) is 4. The lowest BCUT2D eigenvalue weighted by molar-refractivity contribution is 0.102. The molecule has 1 aromatic carbocycles. The molecule has 0 unspecified atom stereocenters. The average Bonchev–Trinajstić information content (AvgIpc) is 2.97. The SMILES string of the molecule is Cc1cc(C)cc(NC(=O)c2csc(-c3ccccn3)n2)c1. The molecule has 0 fully saturated rings. The van der Waals surface area contributed by atoms with Gasteiger partial charge in [0.05, 0.1) is 5.69 Å². The number of aryl methyl sites for hydroxylation is 2. The van der Waals surface area contributed by atoms with E-state index in [1.54, 1.807) is 11.6 Å². The van der Waals surface area contributed by atoms with Gasteiger partial charge in [-0.15, -0.1) is 11.3 Å². The lowest BCUT2D eigenvalue weighted by atomic mass is 10.1. The van der Waals surface area contributed by atoms with Gasteiger partial charge in [-0.25, -0.2) is 4.98 Å². The van der Waals surface area contributed by atoms with Gasteiger partial charge in [-0.2, -0.15) is 0 Å². The average molecular weight is 309 g/mol. The minimum Gasteiger partial charge on any atom is -0.321 e. The molecule has 0 aliphatic carbocycles. The van der Waals surface area contributed by atoms with Crippen molar-refractivity contribution in [3.8, 4) is 10.7 Å². The molecule has 110 valence electrons. The van der Waals surface area contributed by atoms with Crippen molar-refractivity contribution in [3.63, 3.8) is 0 Å². The van der Waals surface area contributed by atoms with Gasteiger partial charge in [0, 0.05) is 17.3 Å². The third kappa shape index (κ3) is 3.20. The van der Waals surface area contributed by atoms with E-state index in [-0.39, 0.29) is 5.91 Å². The van der Waals surface area contributed by atoms with Crippen LogP contribution in [0.15, 0.2) is 48.0 Å². The number of nitrogens with one attached hydrogen (secondary N) is 1. The summed E-state index contributed by atoms with van der Waals surface area (Å²) in [5, 5.41) is 5.38. The van der Waals surface area contributed by atoms with E-state index in [1.807, 2.05) is 44.2 Å². The Morgan fingerprint density at radius 3 is 2.59 bits per heavy atom. The highest BCUT2D eigenvalue weighted by molar-refractivity contribution is 7.13. The zero-order chi connectivity index (χ0) is 15.5. The first-order valence-corrected chi connectivity index (χ1v) is 7.76. The van der Waals surface area contributed by atoms with Crippen molar-refractivity contribution in [2.45, 2.75) is 13.8 Å². The van der Waals surface area contributed by atoms with E-state index < -0.39 is 0 Å². The molecule has 0 spiro atoms. The smallest absolute Gasteiger partial charge is 0.275 e. The van der Waals surface area contributed by atoms with Crippen molar-refractivity contribution in [2.24, 2.45) is 0 Å². The fraction of sp³-hybridized carbons (Fsp3) is 0.118. The number of benzene rings is 1. The molecule has 0 radical (unpaired) electrons. The molecule has 0 aliphatic rings. The summed E-state index contributed by atoms with van der Waals surface area (Å²) in [4.78, 5) is 20.9.